The second kappa shape index (κ2) is 5.49. The van der Waals surface area contributed by atoms with E-state index in [0.29, 0.717) is 16.0 Å². The topological polar surface area (TPSA) is 92.7 Å². The van der Waals surface area contributed by atoms with Gasteiger partial charge in [-0.05, 0) is 17.9 Å². The fourth-order valence-electron chi connectivity index (χ4n) is 2.03. The number of hydrogen-bond acceptors (Lipinski definition) is 5. The molecule has 3 heterocycles. The van der Waals surface area contributed by atoms with Crippen LogP contribution in [0.4, 0.5) is 5.82 Å². The van der Waals surface area contributed by atoms with E-state index in [1.165, 1.54) is 22.2 Å². The molecule has 0 bridgehead atoms. The van der Waals surface area contributed by atoms with Gasteiger partial charge in [0.2, 0.25) is 5.91 Å². The zero-order valence-corrected chi connectivity index (χ0v) is 12.1. The summed E-state index contributed by atoms with van der Waals surface area (Å²) in [7, 11) is 0. The van der Waals surface area contributed by atoms with Crippen molar-refractivity contribution in [1.29, 1.82) is 0 Å². The molecule has 0 aromatic carbocycles. The fourth-order valence-corrected chi connectivity index (χ4v) is 2.75. The largest absolute Gasteiger partial charge is 0.309 e. The molecule has 0 aliphatic heterocycles. The van der Waals surface area contributed by atoms with Crippen molar-refractivity contribution < 1.29 is 4.79 Å². The van der Waals surface area contributed by atoms with Gasteiger partial charge in [-0.15, -0.1) is 11.3 Å². The first kappa shape index (κ1) is 13.5. The fraction of sp³-hybridized carbons (Fsp3) is 0.231. The number of amides is 1. The second-order valence-corrected chi connectivity index (χ2v) is 5.38. The summed E-state index contributed by atoms with van der Waals surface area (Å²) in [6.45, 7) is 1.89. The number of nitrogens with zero attached hydrogens (tertiary/aromatic N) is 3. The Morgan fingerprint density at radius 1 is 1.52 bits per heavy atom. The van der Waals surface area contributed by atoms with Crippen LogP contribution in [0.1, 0.15) is 12.5 Å². The van der Waals surface area contributed by atoms with Crippen molar-refractivity contribution in [2.45, 2.75) is 19.9 Å². The Balaban J connectivity index is 1.80. The Kier molecular flexibility index (Phi) is 3.53. The number of rotatable bonds is 4. The van der Waals surface area contributed by atoms with Gasteiger partial charge in [-0.25, -0.2) is 4.98 Å². The van der Waals surface area contributed by atoms with Crippen LogP contribution in [-0.2, 0) is 17.8 Å². The summed E-state index contributed by atoms with van der Waals surface area (Å²) in [5, 5.41) is 11.7. The first-order valence-corrected chi connectivity index (χ1v) is 7.31. The zero-order chi connectivity index (χ0) is 14.8. The minimum atomic E-state index is -0.299. The summed E-state index contributed by atoms with van der Waals surface area (Å²) in [5.74, 6) is 0.271. The summed E-state index contributed by atoms with van der Waals surface area (Å²) >= 11 is 1.40. The minimum Gasteiger partial charge on any atom is -0.309 e. The molecule has 0 radical (unpaired) electrons. The van der Waals surface area contributed by atoms with Gasteiger partial charge >= 0.3 is 0 Å². The molecule has 7 nitrogen and oxygen atoms in total. The van der Waals surface area contributed by atoms with Crippen LogP contribution in [0.2, 0.25) is 0 Å². The standard InChI is InChI=1S/C13H13N5O2S/c1-2-8-5-15-17-11(8)16-10(19)6-18-7-14-12-9(13(18)20)3-4-21-12/h3-5,7H,2,6H2,1H3,(H2,15,16,17,19). The van der Waals surface area contributed by atoms with E-state index >= 15 is 0 Å². The number of hydrogen-bond donors (Lipinski definition) is 2. The molecule has 0 fully saturated rings. The molecule has 0 aliphatic carbocycles. The number of aromatic amines is 1. The van der Waals surface area contributed by atoms with E-state index in [4.69, 9.17) is 0 Å². The zero-order valence-electron chi connectivity index (χ0n) is 11.3. The van der Waals surface area contributed by atoms with E-state index in [-0.39, 0.29) is 18.0 Å². The quantitative estimate of drug-likeness (QED) is 0.761. The molecule has 8 heteroatoms. The Morgan fingerprint density at radius 2 is 2.38 bits per heavy atom. The van der Waals surface area contributed by atoms with Gasteiger partial charge in [-0.1, -0.05) is 6.92 Å². The van der Waals surface area contributed by atoms with E-state index in [0.717, 1.165) is 12.0 Å². The maximum atomic E-state index is 12.2. The van der Waals surface area contributed by atoms with E-state index < -0.39 is 0 Å². The molecule has 3 rings (SSSR count). The molecule has 0 spiro atoms. The summed E-state index contributed by atoms with van der Waals surface area (Å²) in [6.07, 6.45) is 3.82. The lowest BCUT2D eigenvalue weighted by Crippen LogP contribution is -2.27. The molecule has 1 amide bonds. The summed E-state index contributed by atoms with van der Waals surface area (Å²) in [6, 6.07) is 1.72. The van der Waals surface area contributed by atoms with Crippen LogP contribution in [0, 0.1) is 0 Å². The molecule has 0 atom stereocenters. The van der Waals surface area contributed by atoms with Crippen LogP contribution in [0.25, 0.3) is 10.2 Å². The van der Waals surface area contributed by atoms with E-state index in [9.17, 15) is 9.59 Å². The van der Waals surface area contributed by atoms with E-state index in [2.05, 4.69) is 20.5 Å². The number of thiophene rings is 1. The molecule has 2 N–H and O–H groups in total. The molecule has 0 unspecified atom stereocenters. The number of carbonyl (C=O) groups is 1. The summed E-state index contributed by atoms with van der Waals surface area (Å²) in [5.41, 5.74) is 0.707. The van der Waals surface area contributed by atoms with Crippen molar-refractivity contribution in [3.63, 3.8) is 0 Å². The van der Waals surface area contributed by atoms with Gasteiger partial charge in [0.25, 0.3) is 5.56 Å². The number of nitrogens with one attached hydrogen (secondary N) is 2. The lowest BCUT2D eigenvalue weighted by molar-refractivity contribution is -0.116. The first-order chi connectivity index (χ1) is 10.2. The third-order valence-electron chi connectivity index (χ3n) is 3.13. The minimum absolute atomic E-state index is 0.0835. The number of aryl methyl sites for hydroxylation is 1. The Hall–Kier alpha value is -2.48. The number of aromatic nitrogens is 4. The normalized spacial score (nSPS) is 10.9. The van der Waals surface area contributed by atoms with Crippen molar-refractivity contribution in [2.24, 2.45) is 0 Å². The number of fused-ring (bicyclic) bond motifs is 1. The van der Waals surface area contributed by atoms with Crippen LogP contribution >= 0.6 is 11.3 Å². The molecular weight excluding hydrogens is 290 g/mol. The highest BCUT2D eigenvalue weighted by Gasteiger charge is 2.11. The highest BCUT2D eigenvalue weighted by atomic mass is 32.1. The van der Waals surface area contributed by atoms with Crippen LogP contribution in [0.15, 0.2) is 28.8 Å². The van der Waals surface area contributed by atoms with Gasteiger partial charge in [0, 0.05) is 5.56 Å². The third kappa shape index (κ3) is 2.57. The molecule has 108 valence electrons. The van der Waals surface area contributed by atoms with Gasteiger partial charge in [-0.2, -0.15) is 5.10 Å². The lowest BCUT2D eigenvalue weighted by atomic mass is 10.2. The van der Waals surface area contributed by atoms with Crippen LogP contribution in [-0.4, -0.2) is 25.7 Å². The van der Waals surface area contributed by atoms with E-state index in [1.807, 2.05) is 12.3 Å². The Morgan fingerprint density at radius 3 is 3.19 bits per heavy atom. The summed E-state index contributed by atoms with van der Waals surface area (Å²) < 4.78 is 1.30. The van der Waals surface area contributed by atoms with Crippen molar-refractivity contribution >= 4 is 33.3 Å². The van der Waals surface area contributed by atoms with Gasteiger partial charge in [0.05, 0.1) is 17.9 Å². The monoisotopic (exact) mass is 303 g/mol. The average molecular weight is 303 g/mol. The van der Waals surface area contributed by atoms with Gasteiger partial charge in [-0.3, -0.25) is 19.3 Å². The van der Waals surface area contributed by atoms with E-state index in [1.54, 1.807) is 12.3 Å². The molecule has 0 aliphatic rings. The number of carbonyl (C=O) groups excluding carboxylic acids is 1. The van der Waals surface area contributed by atoms with Crippen molar-refractivity contribution in [3.8, 4) is 0 Å². The highest BCUT2D eigenvalue weighted by molar-refractivity contribution is 7.16. The molecule has 0 saturated heterocycles. The molecule has 3 aromatic rings. The average Bonchev–Trinajstić information content (AvgIpc) is 3.10. The first-order valence-electron chi connectivity index (χ1n) is 6.43. The molecule has 21 heavy (non-hydrogen) atoms. The smallest absolute Gasteiger partial charge is 0.262 e. The predicted molar refractivity (Wildman–Crippen MR) is 80.5 cm³/mol. The number of H-pyrrole nitrogens is 1. The van der Waals surface area contributed by atoms with Crippen molar-refractivity contribution in [1.82, 2.24) is 19.7 Å². The Labute approximate surface area is 123 Å². The highest BCUT2D eigenvalue weighted by Crippen LogP contribution is 2.13. The Bertz CT molecular complexity index is 847. The van der Waals surface area contributed by atoms with Gasteiger partial charge in [0.1, 0.15) is 17.2 Å². The van der Waals surface area contributed by atoms with Crippen molar-refractivity contribution in [2.75, 3.05) is 5.32 Å². The molecular formula is C13H13N5O2S. The maximum absolute atomic E-state index is 12.2. The SMILES string of the molecule is CCc1cn[nH]c1NC(=O)Cn1cnc2sccc2c1=O. The predicted octanol–water partition coefficient (Wildman–Crippen LogP) is 1.38. The van der Waals surface area contributed by atoms with Crippen LogP contribution in [0.5, 0.6) is 0 Å². The van der Waals surface area contributed by atoms with Crippen LogP contribution in [0.3, 0.4) is 0 Å². The van der Waals surface area contributed by atoms with Gasteiger partial charge in [0.15, 0.2) is 0 Å². The third-order valence-corrected chi connectivity index (χ3v) is 3.95. The molecule has 3 aromatic heterocycles. The maximum Gasteiger partial charge on any atom is 0.262 e. The van der Waals surface area contributed by atoms with Crippen LogP contribution < -0.4 is 10.9 Å². The lowest BCUT2D eigenvalue weighted by Gasteiger charge is -2.06. The summed E-state index contributed by atoms with van der Waals surface area (Å²) in [4.78, 5) is 29.1. The molecule has 0 saturated carbocycles. The van der Waals surface area contributed by atoms with Crippen molar-refractivity contribution in [3.05, 3.63) is 39.9 Å². The van der Waals surface area contributed by atoms with Gasteiger partial charge < -0.3 is 5.32 Å². The second-order valence-electron chi connectivity index (χ2n) is 4.49. The number of anilines is 1.